The van der Waals surface area contributed by atoms with Gasteiger partial charge in [-0.2, -0.15) is 0 Å². The Balaban J connectivity index is 2.46. The number of carbonyl (C=O) groups excluding carboxylic acids is 1. The van der Waals surface area contributed by atoms with E-state index in [1.165, 1.54) is 0 Å². The molecule has 0 radical (unpaired) electrons. The van der Waals surface area contributed by atoms with Gasteiger partial charge in [0.05, 0.1) is 18.0 Å². The Bertz CT molecular complexity index is 322. The number of nitrogens with zero attached hydrogens (tertiary/aromatic N) is 1. The van der Waals surface area contributed by atoms with Crippen molar-refractivity contribution in [3.8, 4) is 0 Å². The summed E-state index contributed by atoms with van der Waals surface area (Å²) in [6, 6.07) is 3.96. The Morgan fingerprint density at radius 3 is 2.93 bits per heavy atom. The van der Waals surface area contributed by atoms with E-state index in [-0.39, 0.29) is 17.3 Å². The second-order valence-electron chi connectivity index (χ2n) is 2.97. The molecule has 0 aliphatic heterocycles. The van der Waals surface area contributed by atoms with Crippen molar-refractivity contribution in [1.29, 1.82) is 0 Å². The molecule has 0 spiro atoms. The maximum atomic E-state index is 11.4. The molecule has 1 rings (SSSR count). The van der Waals surface area contributed by atoms with Crippen LogP contribution in [0.15, 0.2) is 17.5 Å². The molecule has 1 heterocycles. The van der Waals surface area contributed by atoms with E-state index in [0.29, 0.717) is 6.54 Å². The Hall–Kier alpha value is -0.940. The molecule has 5 heteroatoms. The highest BCUT2D eigenvalue weighted by Crippen LogP contribution is 2.11. The van der Waals surface area contributed by atoms with E-state index in [9.17, 15) is 4.79 Å². The summed E-state index contributed by atoms with van der Waals surface area (Å²) in [4.78, 5) is 14.5. The smallest absolute Gasteiger partial charge is 0.229 e. The highest BCUT2D eigenvalue weighted by molar-refractivity contribution is 7.80. The van der Waals surface area contributed by atoms with Gasteiger partial charge in [0.2, 0.25) is 5.91 Å². The van der Waals surface area contributed by atoms with Crippen molar-refractivity contribution >= 4 is 34.5 Å². The Morgan fingerprint density at radius 1 is 1.71 bits per heavy atom. The van der Waals surface area contributed by atoms with Crippen molar-refractivity contribution in [2.24, 2.45) is 5.73 Å². The first kappa shape index (κ1) is 11.1. The maximum Gasteiger partial charge on any atom is 0.229 e. The fraction of sp³-hybridized carbons (Fsp3) is 0.333. The zero-order valence-corrected chi connectivity index (χ0v) is 9.53. The van der Waals surface area contributed by atoms with Crippen LogP contribution in [0.1, 0.15) is 11.3 Å². The molecule has 0 aromatic carbocycles. The summed E-state index contributed by atoms with van der Waals surface area (Å²) < 4.78 is 0. The average Bonchev–Trinajstić information content (AvgIpc) is 2.55. The first-order chi connectivity index (χ1) is 6.59. The summed E-state index contributed by atoms with van der Waals surface area (Å²) in [6.45, 7) is 0.624. The molecular formula is C9H12N2OS2. The standard InChI is InChI=1S/C9H12N2OS2/c1-11(9(12)5-8(10)13)6-7-3-2-4-14-7/h2-4H,5-6H2,1H3,(H2,10,13). The minimum Gasteiger partial charge on any atom is -0.393 e. The maximum absolute atomic E-state index is 11.4. The van der Waals surface area contributed by atoms with Crippen molar-refractivity contribution in [1.82, 2.24) is 4.90 Å². The molecule has 0 aliphatic rings. The fourth-order valence-electron chi connectivity index (χ4n) is 1.01. The molecule has 0 bridgehead atoms. The highest BCUT2D eigenvalue weighted by atomic mass is 32.1. The number of rotatable bonds is 4. The topological polar surface area (TPSA) is 46.3 Å². The lowest BCUT2D eigenvalue weighted by atomic mass is 10.3. The van der Waals surface area contributed by atoms with Gasteiger partial charge in [-0.05, 0) is 11.4 Å². The van der Waals surface area contributed by atoms with Crippen LogP contribution in [0.2, 0.25) is 0 Å². The van der Waals surface area contributed by atoms with Gasteiger partial charge in [-0.25, -0.2) is 0 Å². The van der Waals surface area contributed by atoms with E-state index in [1.54, 1.807) is 23.3 Å². The van der Waals surface area contributed by atoms with Crippen LogP contribution >= 0.6 is 23.6 Å². The molecule has 0 fully saturated rings. The predicted octanol–water partition coefficient (Wildman–Crippen LogP) is 1.38. The Labute approximate surface area is 92.5 Å². The highest BCUT2D eigenvalue weighted by Gasteiger charge is 2.10. The monoisotopic (exact) mass is 228 g/mol. The first-order valence-electron chi connectivity index (χ1n) is 4.14. The van der Waals surface area contributed by atoms with Crippen molar-refractivity contribution in [2.45, 2.75) is 13.0 Å². The summed E-state index contributed by atoms with van der Waals surface area (Å²) in [7, 11) is 1.75. The fourth-order valence-corrected chi connectivity index (χ4v) is 1.89. The van der Waals surface area contributed by atoms with E-state index < -0.39 is 0 Å². The molecule has 1 aromatic heterocycles. The van der Waals surface area contributed by atoms with Crippen LogP contribution in [-0.2, 0) is 11.3 Å². The van der Waals surface area contributed by atoms with Crippen LogP contribution < -0.4 is 5.73 Å². The number of amides is 1. The van der Waals surface area contributed by atoms with Gasteiger partial charge in [-0.3, -0.25) is 4.79 Å². The molecule has 0 aliphatic carbocycles. The van der Waals surface area contributed by atoms with Gasteiger partial charge < -0.3 is 10.6 Å². The molecule has 2 N–H and O–H groups in total. The van der Waals surface area contributed by atoms with E-state index in [2.05, 4.69) is 12.2 Å². The van der Waals surface area contributed by atoms with Crippen molar-refractivity contribution in [3.05, 3.63) is 22.4 Å². The molecule has 3 nitrogen and oxygen atoms in total. The van der Waals surface area contributed by atoms with Crippen LogP contribution in [-0.4, -0.2) is 22.8 Å². The first-order valence-corrected chi connectivity index (χ1v) is 5.43. The third-order valence-corrected chi connectivity index (χ3v) is 2.73. The molecule has 1 amide bonds. The van der Waals surface area contributed by atoms with Crippen molar-refractivity contribution in [2.75, 3.05) is 7.05 Å². The number of hydrogen-bond acceptors (Lipinski definition) is 3. The molecule has 14 heavy (non-hydrogen) atoms. The lowest BCUT2D eigenvalue weighted by Gasteiger charge is -2.15. The average molecular weight is 228 g/mol. The minimum absolute atomic E-state index is 0.0362. The SMILES string of the molecule is CN(Cc1cccs1)C(=O)CC(N)=S. The largest absolute Gasteiger partial charge is 0.393 e. The lowest BCUT2D eigenvalue weighted by Crippen LogP contribution is -2.29. The second kappa shape index (κ2) is 5.07. The van der Waals surface area contributed by atoms with Gasteiger partial charge in [-0.1, -0.05) is 18.3 Å². The molecular weight excluding hydrogens is 216 g/mol. The summed E-state index contributed by atoms with van der Waals surface area (Å²) >= 11 is 6.30. The Morgan fingerprint density at radius 2 is 2.43 bits per heavy atom. The third-order valence-electron chi connectivity index (χ3n) is 1.72. The molecule has 0 saturated heterocycles. The van der Waals surface area contributed by atoms with Crippen molar-refractivity contribution < 1.29 is 4.79 Å². The summed E-state index contributed by atoms with van der Waals surface area (Å²) in [5.41, 5.74) is 5.29. The molecule has 0 saturated carbocycles. The zero-order chi connectivity index (χ0) is 10.6. The number of nitrogens with two attached hydrogens (primary N) is 1. The zero-order valence-electron chi connectivity index (χ0n) is 7.90. The van der Waals surface area contributed by atoms with E-state index in [4.69, 9.17) is 5.73 Å². The van der Waals surface area contributed by atoms with Gasteiger partial charge >= 0.3 is 0 Å². The molecule has 76 valence electrons. The van der Waals surface area contributed by atoms with Crippen LogP contribution in [0.25, 0.3) is 0 Å². The summed E-state index contributed by atoms with van der Waals surface area (Å²) in [6.07, 6.45) is 0.150. The van der Waals surface area contributed by atoms with E-state index in [0.717, 1.165) is 4.88 Å². The molecule has 0 unspecified atom stereocenters. The lowest BCUT2D eigenvalue weighted by molar-refractivity contribution is -0.129. The van der Waals surface area contributed by atoms with Crippen LogP contribution in [0.4, 0.5) is 0 Å². The molecule has 1 aromatic rings. The predicted molar refractivity (Wildman–Crippen MR) is 62.2 cm³/mol. The normalized spacial score (nSPS) is 9.79. The van der Waals surface area contributed by atoms with Crippen LogP contribution in [0.3, 0.4) is 0 Å². The minimum atomic E-state index is -0.0362. The number of thiocarbonyl (C=S) groups is 1. The van der Waals surface area contributed by atoms with Gasteiger partial charge in [0, 0.05) is 11.9 Å². The van der Waals surface area contributed by atoms with E-state index >= 15 is 0 Å². The number of thiophene rings is 1. The van der Waals surface area contributed by atoms with Gasteiger partial charge in [0.15, 0.2) is 0 Å². The third kappa shape index (κ3) is 3.43. The Kier molecular flexibility index (Phi) is 4.03. The number of carbonyl (C=O) groups is 1. The van der Waals surface area contributed by atoms with Gasteiger partial charge in [-0.15, -0.1) is 11.3 Å². The number of hydrogen-bond donors (Lipinski definition) is 1. The second-order valence-corrected chi connectivity index (χ2v) is 4.53. The van der Waals surface area contributed by atoms with Crippen LogP contribution in [0.5, 0.6) is 0 Å². The quantitative estimate of drug-likeness (QED) is 0.792. The summed E-state index contributed by atoms with van der Waals surface area (Å²) in [5, 5.41) is 1.99. The van der Waals surface area contributed by atoms with E-state index in [1.807, 2.05) is 17.5 Å². The molecule has 0 atom stereocenters. The summed E-state index contributed by atoms with van der Waals surface area (Å²) in [5.74, 6) is -0.0362. The van der Waals surface area contributed by atoms with Crippen LogP contribution in [0, 0.1) is 0 Å². The van der Waals surface area contributed by atoms with Gasteiger partial charge in [0.25, 0.3) is 0 Å². The van der Waals surface area contributed by atoms with Crippen molar-refractivity contribution in [3.63, 3.8) is 0 Å². The van der Waals surface area contributed by atoms with Gasteiger partial charge in [0.1, 0.15) is 0 Å².